The second-order valence-electron chi connectivity index (χ2n) is 4.12. The zero-order valence-electron chi connectivity index (χ0n) is 11.1. The number of rotatable bonds is 7. The molecule has 1 atom stereocenters. The molecular formula is C14H18O4S. The Labute approximate surface area is 117 Å². The standard InChI is InChI=1S/C14H18O4S/c1-3-18-13-6-4-11(5-7-13)8-12(14(16)17)9-19-10(2)15/h4-7,12H,3,8-9H2,1-2H3,(H,16,17). The highest BCUT2D eigenvalue weighted by molar-refractivity contribution is 8.13. The Kier molecular flexibility index (Phi) is 6.42. The van der Waals surface area contributed by atoms with E-state index in [9.17, 15) is 9.59 Å². The third-order valence-corrected chi connectivity index (χ3v) is 3.53. The topological polar surface area (TPSA) is 63.6 Å². The lowest BCUT2D eigenvalue weighted by molar-refractivity contribution is -0.140. The first-order valence-corrected chi connectivity index (χ1v) is 7.09. The van der Waals surface area contributed by atoms with Gasteiger partial charge in [0.2, 0.25) is 0 Å². The molecule has 1 unspecified atom stereocenters. The molecule has 1 aromatic carbocycles. The Morgan fingerprint density at radius 1 is 1.32 bits per heavy atom. The molecule has 0 fully saturated rings. The fraction of sp³-hybridized carbons (Fsp3) is 0.429. The van der Waals surface area contributed by atoms with Gasteiger partial charge in [0.1, 0.15) is 5.75 Å². The molecule has 0 saturated carbocycles. The van der Waals surface area contributed by atoms with Gasteiger partial charge in [-0.1, -0.05) is 23.9 Å². The summed E-state index contributed by atoms with van der Waals surface area (Å²) >= 11 is 1.05. The molecule has 0 aliphatic heterocycles. The second kappa shape index (κ2) is 7.84. The van der Waals surface area contributed by atoms with E-state index in [0.29, 0.717) is 18.8 Å². The lowest BCUT2D eigenvalue weighted by Crippen LogP contribution is -2.19. The van der Waals surface area contributed by atoms with Crippen molar-refractivity contribution in [1.82, 2.24) is 0 Å². The largest absolute Gasteiger partial charge is 0.494 e. The quantitative estimate of drug-likeness (QED) is 0.833. The molecule has 1 rings (SSSR count). The van der Waals surface area contributed by atoms with Gasteiger partial charge in [-0.3, -0.25) is 9.59 Å². The highest BCUT2D eigenvalue weighted by Crippen LogP contribution is 2.18. The van der Waals surface area contributed by atoms with Gasteiger partial charge in [0, 0.05) is 12.7 Å². The molecule has 5 heteroatoms. The molecule has 0 aliphatic carbocycles. The van der Waals surface area contributed by atoms with E-state index in [4.69, 9.17) is 9.84 Å². The zero-order valence-corrected chi connectivity index (χ0v) is 11.9. The molecule has 0 heterocycles. The Morgan fingerprint density at radius 3 is 2.42 bits per heavy atom. The number of carboxylic acids is 1. The summed E-state index contributed by atoms with van der Waals surface area (Å²) in [6, 6.07) is 7.38. The van der Waals surface area contributed by atoms with Crippen LogP contribution in [0.15, 0.2) is 24.3 Å². The number of benzene rings is 1. The van der Waals surface area contributed by atoms with Gasteiger partial charge in [0.15, 0.2) is 5.12 Å². The minimum atomic E-state index is -0.873. The van der Waals surface area contributed by atoms with E-state index < -0.39 is 11.9 Å². The van der Waals surface area contributed by atoms with Gasteiger partial charge in [0.05, 0.1) is 12.5 Å². The van der Waals surface area contributed by atoms with Crippen LogP contribution in [0, 0.1) is 5.92 Å². The van der Waals surface area contributed by atoms with Crippen LogP contribution < -0.4 is 4.74 Å². The zero-order chi connectivity index (χ0) is 14.3. The first-order valence-electron chi connectivity index (χ1n) is 6.10. The number of carbonyl (C=O) groups is 2. The van der Waals surface area contributed by atoms with Gasteiger partial charge in [-0.15, -0.1) is 0 Å². The van der Waals surface area contributed by atoms with Crippen LogP contribution in [-0.4, -0.2) is 28.6 Å². The van der Waals surface area contributed by atoms with Crippen LogP contribution >= 0.6 is 11.8 Å². The summed E-state index contributed by atoms with van der Waals surface area (Å²) in [7, 11) is 0. The van der Waals surface area contributed by atoms with E-state index >= 15 is 0 Å². The molecule has 0 radical (unpaired) electrons. The maximum absolute atomic E-state index is 11.1. The minimum Gasteiger partial charge on any atom is -0.494 e. The summed E-state index contributed by atoms with van der Waals surface area (Å²) in [6.07, 6.45) is 0.419. The van der Waals surface area contributed by atoms with Crippen molar-refractivity contribution in [2.75, 3.05) is 12.4 Å². The van der Waals surface area contributed by atoms with Gasteiger partial charge in [0.25, 0.3) is 0 Å². The van der Waals surface area contributed by atoms with Crippen molar-refractivity contribution in [3.63, 3.8) is 0 Å². The van der Waals surface area contributed by atoms with E-state index in [2.05, 4.69) is 0 Å². The minimum absolute atomic E-state index is 0.0575. The van der Waals surface area contributed by atoms with Crippen LogP contribution in [0.2, 0.25) is 0 Å². The normalized spacial score (nSPS) is 11.9. The van der Waals surface area contributed by atoms with E-state index in [1.807, 2.05) is 31.2 Å². The Hall–Kier alpha value is -1.49. The predicted molar refractivity (Wildman–Crippen MR) is 75.6 cm³/mol. The third-order valence-electron chi connectivity index (χ3n) is 2.55. The summed E-state index contributed by atoms with van der Waals surface area (Å²) in [4.78, 5) is 22.0. The van der Waals surface area contributed by atoms with Crippen molar-refractivity contribution < 1.29 is 19.4 Å². The summed E-state index contributed by atoms with van der Waals surface area (Å²) in [5.41, 5.74) is 0.931. The fourth-order valence-electron chi connectivity index (χ4n) is 1.61. The molecule has 0 amide bonds. The van der Waals surface area contributed by atoms with Crippen molar-refractivity contribution in [3.8, 4) is 5.75 Å². The number of carboxylic acid groups (broad SMARTS) is 1. The average Bonchev–Trinajstić information content (AvgIpc) is 2.36. The van der Waals surface area contributed by atoms with Crippen molar-refractivity contribution in [2.24, 2.45) is 5.92 Å². The monoisotopic (exact) mass is 282 g/mol. The lowest BCUT2D eigenvalue weighted by atomic mass is 10.0. The van der Waals surface area contributed by atoms with Gasteiger partial charge in [-0.05, 0) is 31.0 Å². The van der Waals surface area contributed by atoms with Gasteiger partial charge < -0.3 is 9.84 Å². The maximum Gasteiger partial charge on any atom is 0.307 e. The number of carbonyl (C=O) groups excluding carboxylic acids is 1. The van der Waals surface area contributed by atoms with Crippen molar-refractivity contribution in [2.45, 2.75) is 20.3 Å². The molecule has 0 aliphatic rings. The molecule has 0 spiro atoms. The second-order valence-corrected chi connectivity index (χ2v) is 5.32. The lowest BCUT2D eigenvalue weighted by Gasteiger charge is -2.11. The predicted octanol–water partition coefficient (Wildman–Crippen LogP) is 2.61. The molecule has 1 aromatic rings. The number of ether oxygens (including phenoxy) is 1. The molecule has 0 saturated heterocycles. The number of hydrogen-bond donors (Lipinski definition) is 1. The molecule has 104 valence electrons. The SMILES string of the molecule is CCOc1ccc(CC(CSC(C)=O)C(=O)O)cc1. The number of thioether (sulfide) groups is 1. The molecule has 0 bridgehead atoms. The van der Waals surface area contributed by atoms with E-state index in [0.717, 1.165) is 23.1 Å². The van der Waals surface area contributed by atoms with Gasteiger partial charge in [-0.2, -0.15) is 0 Å². The van der Waals surface area contributed by atoms with E-state index in [1.165, 1.54) is 6.92 Å². The van der Waals surface area contributed by atoms with Crippen LogP contribution in [0.5, 0.6) is 5.75 Å². The molecular weight excluding hydrogens is 264 g/mol. The Balaban J connectivity index is 2.62. The first kappa shape index (κ1) is 15.6. The molecule has 4 nitrogen and oxygen atoms in total. The third kappa shape index (κ3) is 5.79. The average molecular weight is 282 g/mol. The fourth-order valence-corrected chi connectivity index (χ4v) is 2.30. The summed E-state index contributed by atoms with van der Waals surface area (Å²) in [5.74, 6) is -0.344. The van der Waals surface area contributed by atoms with E-state index in [1.54, 1.807) is 0 Å². The Morgan fingerprint density at radius 2 is 1.95 bits per heavy atom. The van der Waals surface area contributed by atoms with Crippen LogP contribution in [0.3, 0.4) is 0 Å². The molecule has 1 N–H and O–H groups in total. The first-order chi connectivity index (χ1) is 9.02. The summed E-state index contributed by atoms with van der Waals surface area (Å²) in [5, 5.41) is 9.08. The van der Waals surface area contributed by atoms with Crippen LogP contribution in [0.1, 0.15) is 19.4 Å². The molecule has 19 heavy (non-hydrogen) atoms. The smallest absolute Gasteiger partial charge is 0.307 e. The van der Waals surface area contributed by atoms with Gasteiger partial charge in [-0.25, -0.2) is 0 Å². The van der Waals surface area contributed by atoms with Crippen molar-refractivity contribution in [3.05, 3.63) is 29.8 Å². The van der Waals surface area contributed by atoms with E-state index in [-0.39, 0.29) is 5.12 Å². The number of hydrogen-bond acceptors (Lipinski definition) is 4. The van der Waals surface area contributed by atoms with Crippen LogP contribution in [0.4, 0.5) is 0 Å². The van der Waals surface area contributed by atoms with Gasteiger partial charge >= 0.3 is 5.97 Å². The van der Waals surface area contributed by atoms with Crippen molar-refractivity contribution in [1.29, 1.82) is 0 Å². The summed E-state index contributed by atoms with van der Waals surface area (Å²) < 4.78 is 5.33. The highest BCUT2D eigenvalue weighted by Gasteiger charge is 2.19. The number of aliphatic carboxylic acids is 1. The van der Waals surface area contributed by atoms with Crippen LogP contribution in [0.25, 0.3) is 0 Å². The maximum atomic E-state index is 11.1. The Bertz CT molecular complexity index is 428. The van der Waals surface area contributed by atoms with Crippen LogP contribution in [-0.2, 0) is 16.0 Å². The summed E-state index contributed by atoms with van der Waals surface area (Å²) in [6.45, 7) is 3.96. The molecule has 0 aromatic heterocycles. The van der Waals surface area contributed by atoms with Crippen molar-refractivity contribution >= 4 is 22.8 Å². The highest BCUT2D eigenvalue weighted by atomic mass is 32.2.